The van der Waals surface area contributed by atoms with E-state index in [-0.39, 0.29) is 0 Å². The van der Waals surface area contributed by atoms with Gasteiger partial charge in [-0.2, -0.15) is 5.26 Å². The van der Waals surface area contributed by atoms with Crippen molar-refractivity contribution in [2.24, 2.45) is 0 Å². The molecule has 4 nitrogen and oxygen atoms in total. The summed E-state index contributed by atoms with van der Waals surface area (Å²) in [7, 11) is 1.60. The van der Waals surface area contributed by atoms with Crippen LogP contribution in [0.5, 0.6) is 5.75 Å². The Balaban J connectivity index is 2.15. The van der Waals surface area contributed by atoms with Crippen molar-refractivity contribution in [1.82, 2.24) is 4.98 Å². The van der Waals surface area contributed by atoms with Crippen molar-refractivity contribution < 1.29 is 4.74 Å². The lowest BCUT2D eigenvalue weighted by Gasteiger charge is -2.09. The molecule has 0 saturated heterocycles. The highest BCUT2D eigenvalue weighted by Crippen LogP contribution is 2.22. The molecule has 0 atom stereocenters. The first-order valence-corrected chi connectivity index (χ1v) is 5.54. The second kappa shape index (κ2) is 5.69. The summed E-state index contributed by atoms with van der Waals surface area (Å²) in [5.41, 5.74) is 2.42. The quantitative estimate of drug-likeness (QED) is 0.890. The molecule has 4 heteroatoms. The lowest BCUT2D eigenvalue weighted by molar-refractivity contribution is 0.415. The maximum absolute atomic E-state index is 9.04. The van der Waals surface area contributed by atoms with E-state index in [2.05, 4.69) is 16.4 Å². The molecule has 2 rings (SSSR count). The van der Waals surface area contributed by atoms with Crippen LogP contribution in [0.25, 0.3) is 0 Å². The smallest absolute Gasteiger partial charge is 0.121 e. The first kappa shape index (κ1) is 11.9. The van der Waals surface area contributed by atoms with Crippen LogP contribution in [-0.2, 0) is 6.54 Å². The Morgan fingerprint density at radius 2 is 2.28 bits per heavy atom. The van der Waals surface area contributed by atoms with Crippen molar-refractivity contribution in [3.63, 3.8) is 0 Å². The van der Waals surface area contributed by atoms with Crippen molar-refractivity contribution >= 4 is 5.69 Å². The minimum atomic E-state index is 0.597. The number of aromatic nitrogens is 1. The van der Waals surface area contributed by atoms with E-state index in [1.165, 1.54) is 0 Å². The third kappa shape index (κ3) is 2.77. The second-order valence-corrected chi connectivity index (χ2v) is 3.74. The minimum Gasteiger partial charge on any atom is -0.497 e. The molecular formula is C14H13N3O. The van der Waals surface area contributed by atoms with Gasteiger partial charge in [0.05, 0.1) is 18.4 Å². The maximum Gasteiger partial charge on any atom is 0.121 e. The molecule has 0 radical (unpaired) electrons. The molecule has 1 aromatic carbocycles. The molecule has 1 heterocycles. The van der Waals surface area contributed by atoms with Crippen LogP contribution in [0.3, 0.4) is 0 Å². The predicted octanol–water partition coefficient (Wildman–Crippen LogP) is 2.57. The summed E-state index contributed by atoms with van der Waals surface area (Å²) >= 11 is 0. The van der Waals surface area contributed by atoms with Crippen LogP contribution < -0.4 is 10.1 Å². The fraction of sp³-hybridized carbons (Fsp3) is 0.143. The topological polar surface area (TPSA) is 57.9 Å². The second-order valence-electron chi connectivity index (χ2n) is 3.74. The van der Waals surface area contributed by atoms with E-state index < -0.39 is 0 Å². The summed E-state index contributed by atoms with van der Waals surface area (Å²) in [5.74, 6) is 0.725. The zero-order valence-corrected chi connectivity index (χ0v) is 10.1. The van der Waals surface area contributed by atoms with Crippen LogP contribution in [0.15, 0.2) is 42.7 Å². The lowest BCUT2D eigenvalue weighted by atomic mass is 10.1. The van der Waals surface area contributed by atoms with Crippen molar-refractivity contribution in [1.29, 1.82) is 5.26 Å². The molecule has 0 aliphatic carbocycles. The molecular weight excluding hydrogens is 226 g/mol. The van der Waals surface area contributed by atoms with Crippen LogP contribution >= 0.6 is 0 Å². The minimum absolute atomic E-state index is 0.597. The molecule has 1 aromatic heterocycles. The van der Waals surface area contributed by atoms with Crippen LogP contribution in [-0.4, -0.2) is 12.1 Å². The predicted molar refractivity (Wildman–Crippen MR) is 69.3 cm³/mol. The molecule has 18 heavy (non-hydrogen) atoms. The van der Waals surface area contributed by atoms with Gasteiger partial charge in [-0.25, -0.2) is 0 Å². The normalized spacial score (nSPS) is 9.56. The van der Waals surface area contributed by atoms with E-state index in [9.17, 15) is 0 Å². The molecule has 90 valence electrons. The average molecular weight is 239 g/mol. The number of rotatable bonds is 4. The van der Waals surface area contributed by atoms with Gasteiger partial charge in [-0.1, -0.05) is 6.07 Å². The van der Waals surface area contributed by atoms with Gasteiger partial charge in [0.25, 0.3) is 0 Å². The van der Waals surface area contributed by atoms with Gasteiger partial charge in [0.1, 0.15) is 11.8 Å². The molecule has 0 spiro atoms. The number of hydrogen-bond acceptors (Lipinski definition) is 4. The van der Waals surface area contributed by atoms with Crippen molar-refractivity contribution in [2.75, 3.05) is 12.4 Å². The third-order valence-electron chi connectivity index (χ3n) is 2.55. The van der Waals surface area contributed by atoms with E-state index >= 15 is 0 Å². The number of hydrogen-bond donors (Lipinski definition) is 1. The average Bonchev–Trinajstić information content (AvgIpc) is 2.45. The molecule has 0 saturated carbocycles. The number of benzene rings is 1. The van der Waals surface area contributed by atoms with Gasteiger partial charge in [-0.05, 0) is 23.8 Å². The molecule has 1 N–H and O–H groups in total. The summed E-state index contributed by atoms with van der Waals surface area (Å²) in [6, 6.07) is 11.3. The summed E-state index contributed by atoms with van der Waals surface area (Å²) in [6.07, 6.45) is 3.52. The Bertz CT molecular complexity index is 561. The van der Waals surface area contributed by atoms with Crippen molar-refractivity contribution in [2.45, 2.75) is 6.54 Å². The van der Waals surface area contributed by atoms with Crippen LogP contribution in [0.1, 0.15) is 11.1 Å². The van der Waals surface area contributed by atoms with E-state index in [4.69, 9.17) is 10.00 Å². The number of nitrogens with one attached hydrogen (secondary N) is 1. The van der Waals surface area contributed by atoms with Crippen molar-refractivity contribution in [3.05, 3.63) is 53.9 Å². The van der Waals surface area contributed by atoms with Gasteiger partial charge in [-0.3, -0.25) is 4.98 Å². The monoisotopic (exact) mass is 239 g/mol. The molecule has 0 unspecified atom stereocenters. The Hall–Kier alpha value is -2.54. The highest BCUT2D eigenvalue weighted by atomic mass is 16.5. The lowest BCUT2D eigenvalue weighted by Crippen LogP contribution is -2.02. The first-order valence-electron chi connectivity index (χ1n) is 5.54. The number of nitriles is 1. The molecule has 0 amide bonds. The number of anilines is 1. The number of methoxy groups -OCH3 is 1. The van der Waals surface area contributed by atoms with E-state index in [1.54, 1.807) is 31.6 Å². The molecule has 0 fully saturated rings. The summed E-state index contributed by atoms with van der Waals surface area (Å²) in [5, 5.41) is 12.2. The Labute approximate surface area is 106 Å². The van der Waals surface area contributed by atoms with Gasteiger partial charge >= 0.3 is 0 Å². The Morgan fingerprint density at radius 3 is 2.94 bits per heavy atom. The number of nitrogens with zero attached hydrogens (tertiary/aromatic N) is 2. The summed E-state index contributed by atoms with van der Waals surface area (Å²) in [6.45, 7) is 0.621. The highest BCUT2D eigenvalue weighted by Gasteiger charge is 2.03. The fourth-order valence-electron chi connectivity index (χ4n) is 1.59. The van der Waals surface area contributed by atoms with E-state index in [1.807, 2.05) is 18.2 Å². The third-order valence-corrected chi connectivity index (χ3v) is 2.55. The molecule has 0 aliphatic heterocycles. The van der Waals surface area contributed by atoms with E-state index in [0.29, 0.717) is 12.1 Å². The molecule has 0 aliphatic rings. The first-order chi connectivity index (χ1) is 8.83. The fourth-order valence-corrected chi connectivity index (χ4v) is 1.59. The van der Waals surface area contributed by atoms with Gasteiger partial charge in [0.15, 0.2) is 0 Å². The zero-order chi connectivity index (χ0) is 12.8. The molecule has 0 bridgehead atoms. The Kier molecular flexibility index (Phi) is 3.77. The maximum atomic E-state index is 9.04. The summed E-state index contributed by atoms with van der Waals surface area (Å²) in [4.78, 5) is 4.04. The Morgan fingerprint density at radius 1 is 1.39 bits per heavy atom. The summed E-state index contributed by atoms with van der Waals surface area (Å²) < 4.78 is 5.14. The van der Waals surface area contributed by atoms with E-state index in [0.717, 1.165) is 17.0 Å². The van der Waals surface area contributed by atoms with Crippen LogP contribution in [0, 0.1) is 11.3 Å². The van der Waals surface area contributed by atoms with Gasteiger partial charge in [-0.15, -0.1) is 0 Å². The zero-order valence-electron chi connectivity index (χ0n) is 10.1. The number of ether oxygens (including phenoxy) is 1. The highest BCUT2D eigenvalue weighted by molar-refractivity contribution is 5.60. The van der Waals surface area contributed by atoms with Crippen LogP contribution in [0.4, 0.5) is 5.69 Å². The van der Waals surface area contributed by atoms with Gasteiger partial charge < -0.3 is 10.1 Å². The largest absolute Gasteiger partial charge is 0.497 e. The van der Waals surface area contributed by atoms with Crippen LogP contribution in [0.2, 0.25) is 0 Å². The van der Waals surface area contributed by atoms with Gasteiger partial charge in [0, 0.05) is 25.0 Å². The van der Waals surface area contributed by atoms with Gasteiger partial charge in [0.2, 0.25) is 0 Å². The standard InChI is InChI=1S/C14H13N3O/c1-18-13-5-4-12(8-15)14(7-13)17-10-11-3-2-6-16-9-11/h2-7,9,17H,10H2,1H3. The molecule has 2 aromatic rings. The van der Waals surface area contributed by atoms with Crippen molar-refractivity contribution in [3.8, 4) is 11.8 Å². The number of pyridine rings is 1. The SMILES string of the molecule is COc1ccc(C#N)c(NCc2cccnc2)c1.